The van der Waals surface area contributed by atoms with Crippen LogP contribution in [0, 0.1) is 13.8 Å². The summed E-state index contributed by atoms with van der Waals surface area (Å²) in [6.45, 7) is 3.93. The number of aryl methyl sites for hydroxylation is 2. The molecule has 126 valence electrons. The fraction of sp³-hybridized carbons (Fsp3) is 0.100. The van der Waals surface area contributed by atoms with E-state index in [1.807, 2.05) is 43.5 Å². The molecule has 0 radical (unpaired) electrons. The van der Waals surface area contributed by atoms with Crippen molar-refractivity contribution >= 4 is 34.5 Å². The van der Waals surface area contributed by atoms with Crippen LogP contribution in [0.25, 0.3) is 0 Å². The summed E-state index contributed by atoms with van der Waals surface area (Å²) in [5, 5.41) is 7.59. The first-order valence-corrected chi connectivity index (χ1v) is 8.74. The maximum atomic E-state index is 12.5. The first-order valence-electron chi connectivity index (χ1n) is 7.86. The predicted octanol–water partition coefficient (Wildman–Crippen LogP) is 4.87. The van der Waals surface area contributed by atoms with Crippen molar-refractivity contribution in [2.24, 2.45) is 0 Å². The number of carbonyl (C=O) groups excluding carboxylic acids is 2. The lowest BCUT2D eigenvalue weighted by atomic mass is 10.1. The Morgan fingerprint density at radius 3 is 2.48 bits per heavy atom. The molecule has 0 fully saturated rings. The number of amides is 2. The highest BCUT2D eigenvalue weighted by Crippen LogP contribution is 2.19. The number of hydrogen-bond donors (Lipinski definition) is 2. The highest BCUT2D eigenvalue weighted by atomic mass is 32.1. The minimum absolute atomic E-state index is 0.179. The third-order valence-electron chi connectivity index (χ3n) is 3.77. The molecule has 0 aliphatic rings. The van der Waals surface area contributed by atoms with Crippen molar-refractivity contribution in [2.75, 3.05) is 10.6 Å². The molecule has 2 aromatic carbocycles. The van der Waals surface area contributed by atoms with Crippen molar-refractivity contribution in [3.63, 3.8) is 0 Å². The molecule has 0 aliphatic heterocycles. The van der Waals surface area contributed by atoms with E-state index < -0.39 is 0 Å². The first kappa shape index (κ1) is 16.9. The van der Waals surface area contributed by atoms with Gasteiger partial charge in [-0.15, -0.1) is 11.3 Å². The average molecular weight is 350 g/mol. The van der Waals surface area contributed by atoms with Crippen molar-refractivity contribution in [2.45, 2.75) is 13.8 Å². The summed E-state index contributed by atoms with van der Waals surface area (Å²) in [5.41, 5.74) is 3.95. The van der Waals surface area contributed by atoms with Gasteiger partial charge in [0.2, 0.25) is 0 Å². The van der Waals surface area contributed by atoms with E-state index in [0.717, 1.165) is 16.8 Å². The summed E-state index contributed by atoms with van der Waals surface area (Å²) in [6, 6.07) is 16.4. The van der Waals surface area contributed by atoms with Crippen molar-refractivity contribution in [3.8, 4) is 0 Å². The van der Waals surface area contributed by atoms with Crippen molar-refractivity contribution in [3.05, 3.63) is 81.5 Å². The second-order valence-corrected chi connectivity index (χ2v) is 6.73. The Morgan fingerprint density at radius 1 is 0.880 bits per heavy atom. The Balaban J connectivity index is 1.75. The molecule has 3 rings (SSSR count). The predicted molar refractivity (Wildman–Crippen MR) is 103 cm³/mol. The second kappa shape index (κ2) is 7.32. The van der Waals surface area contributed by atoms with Gasteiger partial charge in [0.05, 0.1) is 4.88 Å². The van der Waals surface area contributed by atoms with E-state index in [1.54, 1.807) is 30.3 Å². The monoisotopic (exact) mass is 350 g/mol. The van der Waals surface area contributed by atoms with E-state index in [9.17, 15) is 9.59 Å². The van der Waals surface area contributed by atoms with Crippen LogP contribution in [-0.4, -0.2) is 11.8 Å². The Bertz CT molecular complexity index is 917. The van der Waals surface area contributed by atoms with Gasteiger partial charge in [-0.1, -0.05) is 24.3 Å². The molecule has 0 atom stereocenters. The molecule has 1 heterocycles. The molecule has 0 saturated heterocycles. The molecule has 3 aromatic rings. The smallest absolute Gasteiger partial charge is 0.265 e. The van der Waals surface area contributed by atoms with Gasteiger partial charge in [0, 0.05) is 16.9 Å². The molecule has 1 aromatic heterocycles. The van der Waals surface area contributed by atoms with Crippen LogP contribution in [0.5, 0.6) is 0 Å². The second-order valence-electron chi connectivity index (χ2n) is 5.78. The molecule has 0 bridgehead atoms. The summed E-state index contributed by atoms with van der Waals surface area (Å²) in [5.74, 6) is -0.386. The van der Waals surface area contributed by atoms with Crippen molar-refractivity contribution in [1.29, 1.82) is 0 Å². The summed E-state index contributed by atoms with van der Waals surface area (Å²) in [4.78, 5) is 25.3. The number of carbonyl (C=O) groups is 2. The molecule has 2 amide bonds. The number of hydrogen-bond acceptors (Lipinski definition) is 3. The Morgan fingerprint density at radius 2 is 1.72 bits per heavy atom. The molecule has 5 heteroatoms. The third kappa shape index (κ3) is 4.14. The number of anilines is 2. The number of rotatable bonds is 4. The number of thiophene rings is 1. The van der Waals surface area contributed by atoms with Gasteiger partial charge in [-0.25, -0.2) is 0 Å². The van der Waals surface area contributed by atoms with E-state index in [-0.39, 0.29) is 11.8 Å². The summed E-state index contributed by atoms with van der Waals surface area (Å²) >= 11 is 1.37. The van der Waals surface area contributed by atoms with Gasteiger partial charge in [-0.3, -0.25) is 9.59 Å². The molecule has 0 aliphatic carbocycles. The molecule has 2 N–H and O–H groups in total. The van der Waals surface area contributed by atoms with Crippen molar-refractivity contribution < 1.29 is 9.59 Å². The zero-order chi connectivity index (χ0) is 17.8. The number of nitrogens with one attached hydrogen (secondary N) is 2. The molecule has 0 saturated carbocycles. The Labute approximate surface area is 150 Å². The summed E-state index contributed by atoms with van der Waals surface area (Å²) in [7, 11) is 0. The fourth-order valence-electron chi connectivity index (χ4n) is 2.40. The lowest BCUT2D eigenvalue weighted by molar-refractivity contribution is 0.101. The molecular weight excluding hydrogens is 332 g/mol. The molecule has 0 unspecified atom stereocenters. The summed E-state index contributed by atoms with van der Waals surface area (Å²) in [6.07, 6.45) is 0. The van der Waals surface area contributed by atoms with E-state index in [4.69, 9.17) is 0 Å². The van der Waals surface area contributed by atoms with Gasteiger partial charge in [0.25, 0.3) is 11.8 Å². The highest BCUT2D eigenvalue weighted by Gasteiger charge is 2.11. The van der Waals surface area contributed by atoms with Crippen LogP contribution < -0.4 is 10.6 Å². The van der Waals surface area contributed by atoms with Crippen LogP contribution in [-0.2, 0) is 0 Å². The SMILES string of the molecule is Cc1ccc(C)c(NC(=O)c2cccc(NC(=O)c3cccs3)c2)c1. The van der Waals surface area contributed by atoms with Crippen LogP contribution in [0.4, 0.5) is 11.4 Å². The van der Waals surface area contributed by atoms with E-state index in [1.165, 1.54) is 11.3 Å². The molecule has 4 nitrogen and oxygen atoms in total. The fourth-order valence-corrected chi connectivity index (χ4v) is 3.02. The average Bonchev–Trinajstić information content (AvgIpc) is 3.13. The van der Waals surface area contributed by atoms with Gasteiger partial charge in [-0.05, 0) is 60.7 Å². The van der Waals surface area contributed by atoms with Crippen molar-refractivity contribution in [1.82, 2.24) is 0 Å². The van der Waals surface area contributed by atoms with Crippen LogP contribution in [0.3, 0.4) is 0 Å². The van der Waals surface area contributed by atoms with Gasteiger partial charge < -0.3 is 10.6 Å². The normalized spacial score (nSPS) is 10.3. The van der Waals surface area contributed by atoms with Gasteiger partial charge in [0.1, 0.15) is 0 Å². The Kier molecular flexibility index (Phi) is 4.95. The standard InChI is InChI=1S/C20H18N2O2S/c1-13-8-9-14(2)17(11-13)22-19(23)15-5-3-6-16(12-15)21-20(24)18-7-4-10-25-18/h3-12H,1-2H3,(H,21,24)(H,22,23). The van der Waals surface area contributed by atoms with Gasteiger partial charge in [0.15, 0.2) is 0 Å². The lowest BCUT2D eigenvalue weighted by Gasteiger charge is -2.10. The first-order chi connectivity index (χ1) is 12.0. The maximum Gasteiger partial charge on any atom is 0.265 e. The minimum atomic E-state index is -0.207. The highest BCUT2D eigenvalue weighted by molar-refractivity contribution is 7.12. The van der Waals surface area contributed by atoms with Crippen LogP contribution in [0.1, 0.15) is 31.2 Å². The number of benzene rings is 2. The largest absolute Gasteiger partial charge is 0.322 e. The molecule has 25 heavy (non-hydrogen) atoms. The van der Waals surface area contributed by atoms with Gasteiger partial charge in [-0.2, -0.15) is 0 Å². The zero-order valence-electron chi connectivity index (χ0n) is 14.0. The molecular formula is C20H18N2O2S. The van der Waals surface area contributed by atoms with Crippen LogP contribution in [0.2, 0.25) is 0 Å². The van der Waals surface area contributed by atoms with Crippen LogP contribution >= 0.6 is 11.3 Å². The Hall–Kier alpha value is -2.92. The minimum Gasteiger partial charge on any atom is -0.322 e. The third-order valence-corrected chi connectivity index (χ3v) is 4.64. The molecule has 0 spiro atoms. The topological polar surface area (TPSA) is 58.2 Å². The zero-order valence-corrected chi connectivity index (χ0v) is 14.8. The quantitative estimate of drug-likeness (QED) is 0.705. The lowest BCUT2D eigenvalue weighted by Crippen LogP contribution is -2.14. The van der Waals surface area contributed by atoms with E-state index in [0.29, 0.717) is 16.1 Å². The van der Waals surface area contributed by atoms with Crippen LogP contribution in [0.15, 0.2) is 60.0 Å². The summed E-state index contributed by atoms with van der Waals surface area (Å²) < 4.78 is 0. The van der Waals surface area contributed by atoms with E-state index >= 15 is 0 Å². The van der Waals surface area contributed by atoms with Gasteiger partial charge >= 0.3 is 0 Å². The maximum absolute atomic E-state index is 12.5. The van der Waals surface area contributed by atoms with E-state index in [2.05, 4.69) is 10.6 Å².